The number of hydrogen-bond donors (Lipinski definition) is 2. The van der Waals surface area contributed by atoms with Crippen molar-refractivity contribution in [1.82, 2.24) is 24.3 Å². The van der Waals surface area contributed by atoms with Crippen molar-refractivity contribution >= 4 is 33.7 Å². The molecular weight excluding hydrogens is 340 g/mol. The summed E-state index contributed by atoms with van der Waals surface area (Å²) in [7, 11) is 4.07. The maximum atomic E-state index is 10.7. The lowest BCUT2D eigenvalue weighted by atomic mass is 9.99. The summed E-state index contributed by atoms with van der Waals surface area (Å²) in [4.78, 5) is 16.3. The van der Waals surface area contributed by atoms with Gasteiger partial charge in [0, 0.05) is 18.7 Å². The fourth-order valence-corrected chi connectivity index (χ4v) is 3.22. The van der Waals surface area contributed by atoms with Crippen molar-refractivity contribution in [2.45, 2.75) is 19.4 Å². The lowest BCUT2D eigenvalue weighted by molar-refractivity contribution is 0.0798. The zero-order valence-electron chi connectivity index (χ0n) is 16.1. The summed E-state index contributed by atoms with van der Waals surface area (Å²) < 4.78 is 1.99. The molecule has 0 aliphatic heterocycles. The molecule has 27 heavy (non-hydrogen) atoms. The predicted molar refractivity (Wildman–Crippen MR) is 108 cm³/mol. The first-order valence-corrected chi connectivity index (χ1v) is 9.03. The lowest BCUT2D eigenvalue weighted by Crippen LogP contribution is -2.21. The van der Waals surface area contributed by atoms with Crippen LogP contribution in [0.1, 0.15) is 19.4 Å². The molecule has 7 heteroatoms. The normalized spacial score (nSPS) is 12.5. The third-order valence-corrected chi connectivity index (χ3v) is 4.60. The largest absolute Gasteiger partial charge is 0.386 e. The number of aliphatic hydroxyl groups is 1. The average Bonchev–Trinajstić information content (AvgIpc) is 2.99. The summed E-state index contributed by atoms with van der Waals surface area (Å²) in [5.41, 5.74) is 3.65. The zero-order valence-corrected chi connectivity index (χ0v) is 16.1. The van der Waals surface area contributed by atoms with E-state index in [0.29, 0.717) is 5.65 Å². The van der Waals surface area contributed by atoms with Gasteiger partial charge in [-0.15, -0.1) is 0 Å². The highest BCUT2D eigenvalue weighted by molar-refractivity contribution is 5.89. The fourth-order valence-electron chi connectivity index (χ4n) is 3.22. The van der Waals surface area contributed by atoms with E-state index in [0.717, 1.165) is 46.7 Å². The summed E-state index contributed by atoms with van der Waals surface area (Å²) in [5, 5.41) is 14.0. The van der Waals surface area contributed by atoms with Crippen molar-refractivity contribution in [2.75, 3.05) is 32.5 Å². The van der Waals surface area contributed by atoms with Gasteiger partial charge in [-0.05, 0) is 46.1 Å². The standard InChI is InChI=1S/C20H24N6O/c1-20(2,27)13-11-15-19(24-17(12-22-15)21-9-10-25(3)4)26-16-8-6-5-7-14(16)23-18(13)26/h5-8,11-12,27H,9-10H2,1-4H3,(H,21,24). The molecule has 7 nitrogen and oxygen atoms in total. The zero-order chi connectivity index (χ0) is 19.2. The molecule has 0 amide bonds. The Morgan fingerprint density at radius 2 is 1.89 bits per heavy atom. The first kappa shape index (κ1) is 17.6. The maximum Gasteiger partial charge on any atom is 0.167 e. The van der Waals surface area contributed by atoms with Crippen molar-refractivity contribution in [2.24, 2.45) is 0 Å². The molecule has 0 saturated carbocycles. The van der Waals surface area contributed by atoms with E-state index in [1.54, 1.807) is 20.0 Å². The molecule has 3 heterocycles. The molecular formula is C20H24N6O. The molecule has 0 saturated heterocycles. The number of benzene rings is 1. The van der Waals surface area contributed by atoms with Gasteiger partial charge in [0.15, 0.2) is 5.65 Å². The van der Waals surface area contributed by atoms with E-state index in [-0.39, 0.29) is 0 Å². The molecule has 4 rings (SSSR count). The molecule has 3 aromatic heterocycles. The van der Waals surface area contributed by atoms with Crippen molar-refractivity contribution in [3.8, 4) is 0 Å². The molecule has 0 bridgehead atoms. The Kier molecular flexibility index (Phi) is 4.20. The number of fused-ring (bicyclic) bond motifs is 5. The topological polar surface area (TPSA) is 78.6 Å². The van der Waals surface area contributed by atoms with Crippen molar-refractivity contribution in [3.05, 3.63) is 42.1 Å². The second-order valence-corrected chi connectivity index (χ2v) is 7.57. The SMILES string of the molecule is CN(C)CCNc1cnc2cc(C(C)(C)O)c3nc4ccccc4n3c2n1. The number of hydrogen-bond acceptors (Lipinski definition) is 6. The van der Waals surface area contributed by atoms with Crippen LogP contribution in [0.15, 0.2) is 36.5 Å². The van der Waals surface area contributed by atoms with Gasteiger partial charge in [0.2, 0.25) is 0 Å². The van der Waals surface area contributed by atoms with Crippen LogP contribution in [0.2, 0.25) is 0 Å². The van der Waals surface area contributed by atoms with E-state index in [1.165, 1.54) is 0 Å². The monoisotopic (exact) mass is 364 g/mol. The van der Waals surface area contributed by atoms with Gasteiger partial charge >= 0.3 is 0 Å². The molecule has 1 aromatic carbocycles. The minimum atomic E-state index is -1.04. The van der Waals surface area contributed by atoms with E-state index < -0.39 is 5.60 Å². The second kappa shape index (κ2) is 6.44. The van der Waals surface area contributed by atoms with Gasteiger partial charge < -0.3 is 15.3 Å². The van der Waals surface area contributed by atoms with Crippen LogP contribution in [0.3, 0.4) is 0 Å². The van der Waals surface area contributed by atoms with Crippen LogP contribution in [-0.2, 0) is 5.60 Å². The van der Waals surface area contributed by atoms with Gasteiger partial charge in [-0.2, -0.15) is 0 Å². The highest BCUT2D eigenvalue weighted by Gasteiger charge is 2.24. The smallest absolute Gasteiger partial charge is 0.167 e. The first-order valence-electron chi connectivity index (χ1n) is 9.03. The molecule has 2 N–H and O–H groups in total. The first-order chi connectivity index (χ1) is 12.8. The third kappa shape index (κ3) is 3.20. The van der Waals surface area contributed by atoms with Crippen LogP contribution in [0.5, 0.6) is 0 Å². The van der Waals surface area contributed by atoms with Crippen LogP contribution >= 0.6 is 0 Å². The van der Waals surface area contributed by atoms with Crippen LogP contribution in [0, 0.1) is 0 Å². The van der Waals surface area contributed by atoms with Gasteiger partial charge in [0.25, 0.3) is 0 Å². The molecule has 0 unspecified atom stereocenters. The Balaban J connectivity index is 1.97. The molecule has 0 aliphatic carbocycles. The van der Waals surface area contributed by atoms with E-state index in [4.69, 9.17) is 9.97 Å². The van der Waals surface area contributed by atoms with Crippen LogP contribution in [0.4, 0.5) is 5.82 Å². The van der Waals surface area contributed by atoms with E-state index in [2.05, 4.69) is 15.2 Å². The summed E-state index contributed by atoms with van der Waals surface area (Å²) in [6.45, 7) is 5.21. The summed E-state index contributed by atoms with van der Waals surface area (Å²) >= 11 is 0. The Morgan fingerprint density at radius 1 is 1.11 bits per heavy atom. The van der Waals surface area contributed by atoms with Crippen molar-refractivity contribution < 1.29 is 5.11 Å². The minimum Gasteiger partial charge on any atom is -0.386 e. The third-order valence-electron chi connectivity index (χ3n) is 4.60. The van der Waals surface area contributed by atoms with Gasteiger partial charge in [0.05, 0.1) is 22.8 Å². The van der Waals surface area contributed by atoms with Crippen LogP contribution < -0.4 is 5.32 Å². The summed E-state index contributed by atoms with van der Waals surface area (Å²) in [6.07, 6.45) is 1.73. The minimum absolute atomic E-state index is 0.705. The highest BCUT2D eigenvalue weighted by atomic mass is 16.3. The number of pyridine rings is 1. The number of anilines is 1. The lowest BCUT2D eigenvalue weighted by Gasteiger charge is -2.19. The Bertz CT molecular complexity index is 1130. The van der Waals surface area contributed by atoms with E-state index in [9.17, 15) is 5.11 Å². The Hall–Kier alpha value is -2.77. The number of imidazole rings is 1. The van der Waals surface area contributed by atoms with Gasteiger partial charge in [-0.3, -0.25) is 4.40 Å². The number of aromatic nitrogens is 4. The second-order valence-electron chi connectivity index (χ2n) is 7.57. The quantitative estimate of drug-likeness (QED) is 0.567. The molecule has 0 spiro atoms. The number of rotatable bonds is 5. The van der Waals surface area contributed by atoms with Crippen molar-refractivity contribution in [1.29, 1.82) is 0 Å². The molecule has 140 valence electrons. The van der Waals surface area contributed by atoms with Crippen molar-refractivity contribution in [3.63, 3.8) is 0 Å². The Morgan fingerprint density at radius 3 is 2.63 bits per heavy atom. The molecule has 0 atom stereocenters. The number of para-hydroxylation sites is 2. The summed E-state index contributed by atoms with van der Waals surface area (Å²) in [5.74, 6) is 0.722. The van der Waals surface area contributed by atoms with E-state index in [1.807, 2.05) is 48.8 Å². The molecule has 0 fully saturated rings. The number of likely N-dealkylation sites (N-methyl/N-ethyl adjacent to an activating group) is 1. The highest BCUT2D eigenvalue weighted by Crippen LogP contribution is 2.31. The Labute approximate surface area is 157 Å². The van der Waals surface area contributed by atoms with Crippen LogP contribution in [0.25, 0.3) is 27.8 Å². The van der Waals surface area contributed by atoms with E-state index >= 15 is 0 Å². The van der Waals surface area contributed by atoms with Gasteiger partial charge in [-0.1, -0.05) is 12.1 Å². The predicted octanol–water partition coefficient (Wildman–Crippen LogP) is 2.63. The summed E-state index contributed by atoms with van der Waals surface area (Å²) in [6, 6.07) is 9.80. The molecule has 0 radical (unpaired) electrons. The number of nitrogens with zero attached hydrogens (tertiary/aromatic N) is 5. The number of nitrogens with one attached hydrogen (secondary N) is 1. The fraction of sp³-hybridized carbons (Fsp3) is 0.350. The average molecular weight is 364 g/mol. The molecule has 0 aliphatic rings. The van der Waals surface area contributed by atoms with Crippen LogP contribution in [-0.4, -0.2) is 56.5 Å². The maximum absolute atomic E-state index is 10.7. The molecule has 4 aromatic rings. The van der Waals surface area contributed by atoms with Gasteiger partial charge in [0.1, 0.15) is 17.0 Å². The van der Waals surface area contributed by atoms with Gasteiger partial charge in [-0.25, -0.2) is 15.0 Å².